The Hall–Kier alpha value is -1.93. The third-order valence-corrected chi connectivity index (χ3v) is 3.39. The molecule has 2 aromatic rings. The van der Waals surface area contributed by atoms with Gasteiger partial charge in [-0.05, 0) is 30.3 Å². The van der Waals surface area contributed by atoms with Crippen LogP contribution in [0.2, 0.25) is 0 Å². The molecule has 2 aromatic carbocycles. The largest absolute Gasteiger partial charge is 0.417 e. The monoisotopic (exact) mass is 279 g/mol. The summed E-state index contributed by atoms with van der Waals surface area (Å²) in [4.78, 5) is 1.30. The van der Waals surface area contributed by atoms with Crippen molar-refractivity contribution in [2.24, 2.45) is 0 Å². The van der Waals surface area contributed by atoms with Gasteiger partial charge in [-0.25, -0.2) is 0 Å². The summed E-state index contributed by atoms with van der Waals surface area (Å²) >= 11 is 1.23. The third-order valence-electron chi connectivity index (χ3n) is 2.40. The maximum absolute atomic E-state index is 12.8. The van der Waals surface area contributed by atoms with E-state index in [1.807, 2.05) is 30.3 Å². The van der Waals surface area contributed by atoms with Gasteiger partial charge in [-0.1, -0.05) is 30.0 Å². The minimum Gasteiger partial charge on any atom is -0.192 e. The van der Waals surface area contributed by atoms with E-state index < -0.39 is 11.7 Å². The molecule has 0 saturated heterocycles. The van der Waals surface area contributed by atoms with E-state index in [1.165, 1.54) is 23.9 Å². The fourth-order valence-electron chi connectivity index (χ4n) is 1.54. The van der Waals surface area contributed by atoms with E-state index in [2.05, 4.69) is 0 Å². The van der Waals surface area contributed by atoms with E-state index in [9.17, 15) is 13.2 Å². The van der Waals surface area contributed by atoms with Gasteiger partial charge in [-0.3, -0.25) is 0 Å². The summed E-state index contributed by atoms with van der Waals surface area (Å²) in [5, 5.41) is 8.71. The summed E-state index contributed by atoms with van der Waals surface area (Å²) in [5.74, 6) is 0. The fourth-order valence-corrected chi connectivity index (χ4v) is 2.42. The molecule has 0 heterocycles. The van der Waals surface area contributed by atoms with Crippen molar-refractivity contribution in [1.29, 1.82) is 5.26 Å². The molecule has 0 bridgehead atoms. The molecule has 0 atom stereocenters. The van der Waals surface area contributed by atoms with Gasteiger partial charge in [-0.15, -0.1) is 0 Å². The first kappa shape index (κ1) is 13.5. The first-order chi connectivity index (χ1) is 9.00. The molecular weight excluding hydrogens is 271 g/mol. The smallest absolute Gasteiger partial charge is 0.192 e. The summed E-state index contributed by atoms with van der Waals surface area (Å²) in [7, 11) is 0. The van der Waals surface area contributed by atoms with E-state index in [-0.39, 0.29) is 5.56 Å². The van der Waals surface area contributed by atoms with Crippen molar-refractivity contribution in [3.8, 4) is 6.07 Å². The van der Waals surface area contributed by atoms with Crippen molar-refractivity contribution < 1.29 is 13.2 Å². The van der Waals surface area contributed by atoms with Crippen LogP contribution in [-0.4, -0.2) is 0 Å². The minimum atomic E-state index is -4.52. The van der Waals surface area contributed by atoms with Gasteiger partial charge < -0.3 is 0 Å². The van der Waals surface area contributed by atoms with Crippen LogP contribution >= 0.6 is 11.8 Å². The molecule has 2 rings (SSSR count). The van der Waals surface area contributed by atoms with Gasteiger partial charge in [0.15, 0.2) is 0 Å². The summed E-state index contributed by atoms with van der Waals surface area (Å²) in [6.45, 7) is 0. The van der Waals surface area contributed by atoms with Crippen LogP contribution in [0.15, 0.2) is 58.3 Å². The lowest BCUT2D eigenvalue weighted by molar-refractivity contribution is -0.137. The van der Waals surface area contributed by atoms with Crippen LogP contribution in [0.1, 0.15) is 11.1 Å². The fraction of sp³-hybridized carbons (Fsp3) is 0.0714. The maximum Gasteiger partial charge on any atom is 0.417 e. The molecule has 0 aliphatic carbocycles. The van der Waals surface area contributed by atoms with E-state index in [1.54, 1.807) is 6.07 Å². The average molecular weight is 279 g/mol. The maximum atomic E-state index is 12.8. The predicted octanol–water partition coefficient (Wildman–Crippen LogP) is 4.73. The molecule has 0 aliphatic heterocycles. The number of rotatable bonds is 2. The van der Waals surface area contributed by atoms with E-state index in [0.717, 1.165) is 11.0 Å². The number of hydrogen-bond acceptors (Lipinski definition) is 2. The summed E-state index contributed by atoms with van der Waals surface area (Å²) in [6.07, 6.45) is -4.52. The summed E-state index contributed by atoms with van der Waals surface area (Å²) in [6, 6.07) is 14.4. The summed E-state index contributed by atoms with van der Waals surface area (Å²) in [5.41, 5.74) is -1.25. The third kappa shape index (κ3) is 3.30. The number of alkyl halides is 3. The SMILES string of the molecule is N#Cc1ccc(Sc2ccccc2)cc1C(F)(F)F. The Labute approximate surface area is 112 Å². The molecule has 0 amide bonds. The normalized spacial score (nSPS) is 11.1. The van der Waals surface area contributed by atoms with E-state index in [4.69, 9.17) is 5.26 Å². The average Bonchev–Trinajstić information content (AvgIpc) is 2.39. The standard InChI is InChI=1S/C14H8F3NS/c15-14(16,17)13-8-12(7-6-10(13)9-18)19-11-4-2-1-3-5-11/h1-8H. The summed E-state index contributed by atoms with van der Waals surface area (Å²) < 4.78 is 38.4. The molecular formula is C14H8F3NS. The van der Waals surface area contributed by atoms with Crippen LogP contribution in [0.25, 0.3) is 0 Å². The van der Waals surface area contributed by atoms with Gasteiger partial charge in [0.05, 0.1) is 17.2 Å². The molecule has 0 saturated carbocycles. The van der Waals surface area contributed by atoms with Crippen molar-refractivity contribution in [1.82, 2.24) is 0 Å². The lowest BCUT2D eigenvalue weighted by Gasteiger charge is -2.10. The molecule has 0 N–H and O–H groups in total. The number of benzene rings is 2. The van der Waals surface area contributed by atoms with Crippen molar-refractivity contribution in [3.63, 3.8) is 0 Å². The van der Waals surface area contributed by atoms with Gasteiger partial charge in [0.25, 0.3) is 0 Å². The zero-order valence-corrected chi connectivity index (χ0v) is 10.4. The van der Waals surface area contributed by atoms with Crippen molar-refractivity contribution in [2.45, 2.75) is 16.0 Å². The number of nitriles is 1. The van der Waals surface area contributed by atoms with Crippen molar-refractivity contribution >= 4 is 11.8 Å². The Morgan fingerprint density at radius 3 is 2.21 bits per heavy atom. The van der Waals surface area contributed by atoms with Gasteiger partial charge in [0.2, 0.25) is 0 Å². The van der Waals surface area contributed by atoms with Gasteiger partial charge in [0.1, 0.15) is 0 Å². The molecule has 5 heteroatoms. The Bertz CT molecular complexity index is 615. The quantitative estimate of drug-likeness (QED) is 0.793. The minimum absolute atomic E-state index is 0.357. The van der Waals surface area contributed by atoms with Gasteiger partial charge in [-0.2, -0.15) is 18.4 Å². The Morgan fingerprint density at radius 1 is 0.947 bits per heavy atom. The van der Waals surface area contributed by atoms with Crippen molar-refractivity contribution in [2.75, 3.05) is 0 Å². The van der Waals surface area contributed by atoms with Crippen LogP contribution in [0.4, 0.5) is 13.2 Å². The van der Waals surface area contributed by atoms with Crippen molar-refractivity contribution in [3.05, 3.63) is 59.7 Å². The Morgan fingerprint density at radius 2 is 1.63 bits per heavy atom. The first-order valence-corrected chi connectivity index (χ1v) is 6.16. The Kier molecular flexibility index (Phi) is 3.82. The lowest BCUT2D eigenvalue weighted by atomic mass is 10.1. The molecule has 0 spiro atoms. The molecule has 0 unspecified atom stereocenters. The highest BCUT2D eigenvalue weighted by molar-refractivity contribution is 7.99. The highest BCUT2D eigenvalue weighted by atomic mass is 32.2. The van der Waals surface area contributed by atoms with E-state index in [0.29, 0.717) is 4.90 Å². The molecule has 0 fully saturated rings. The van der Waals surface area contributed by atoms with Crippen LogP contribution < -0.4 is 0 Å². The molecule has 0 aliphatic rings. The highest BCUT2D eigenvalue weighted by Crippen LogP contribution is 2.36. The van der Waals surface area contributed by atoms with Crippen LogP contribution in [0.3, 0.4) is 0 Å². The first-order valence-electron chi connectivity index (χ1n) is 5.35. The molecule has 1 nitrogen and oxygen atoms in total. The second-order valence-corrected chi connectivity index (χ2v) is 4.88. The van der Waals surface area contributed by atoms with Crippen LogP contribution in [0.5, 0.6) is 0 Å². The molecule has 0 aromatic heterocycles. The van der Waals surface area contributed by atoms with Crippen LogP contribution in [-0.2, 0) is 6.18 Å². The molecule has 96 valence electrons. The topological polar surface area (TPSA) is 23.8 Å². The zero-order valence-electron chi connectivity index (χ0n) is 9.61. The highest BCUT2D eigenvalue weighted by Gasteiger charge is 2.33. The second kappa shape index (κ2) is 5.37. The number of nitrogens with zero attached hydrogens (tertiary/aromatic N) is 1. The zero-order chi connectivity index (χ0) is 13.9. The Balaban J connectivity index is 2.37. The van der Waals surface area contributed by atoms with E-state index >= 15 is 0 Å². The van der Waals surface area contributed by atoms with Gasteiger partial charge in [0, 0.05) is 9.79 Å². The second-order valence-electron chi connectivity index (χ2n) is 3.73. The number of hydrogen-bond donors (Lipinski definition) is 0. The lowest BCUT2D eigenvalue weighted by Crippen LogP contribution is -2.07. The van der Waals surface area contributed by atoms with Crippen LogP contribution in [0, 0.1) is 11.3 Å². The molecule has 19 heavy (non-hydrogen) atoms. The van der Waals surface area contributed by atoms with Gasteiger partial charge >= 0.3 is 6.18 Å². The molecule has 0 radical (unpaired) electrons. The number of halogens is 3. The predicted molar refractivity (Wildman–Crippen MR) is 66.7 cm³/mol.